The molecule has 0 saturated carbocycles. The van der Waals surface area contributed by atoms with E-state index in [2.05, 4.69) is 66.1 Å². The lowest BCUT2D eigenvalue weighted by atomic mass is 9.90. The second-order valence-corrected chi connectivity index (χ2v) is 5.77. The summed E-state index contributed by atoms with van der Waals surface area (Å²) in [5.41, 5.74) is 5.93. The Morgan fingerprint density at radius 1 is 0.950 bits per heavy atom. The van der Waals surface area contributed by atoms with Crippen LogP contribution in [0.3, 0.4) is 0 Å². The first kappa shape index (κ1) is 11.8. The zero-order valence-corrected chi connectivity index (χ0v) is 11.8. The molecular weight excluding hydrogens is 242 g/mol. The Morgan fingerprint density at radius 3 is 2.55 bits per heavy atom. The second kappa shape index (κ2) is 4.52. The molecule has 0 bridgehead atoms. The van der Waals surface area contributed by atoms with E-state index in [-0.39, 0.29) is 0 Å². The Bertz CT molecular complexity index is 752. The number of fused-ring (bicyclic) bond motifs is 3. The minimum atomic E-state index is 0.468. The molecule has 1 atom stereocenters. The van der Waals surface area contributed by atoms with E-state index in [0.29, 0.717) is 5.92 Å². The number of aryl methyl sites for hydroxylation is 1. The molecule has 0 fully saturated rings. The van der Waals surface area contributed by atoms with Crippen LogP contribution < -0.4 is 0 Å². The normalized spacial score (nSPS) is 15.4. The van der Waals surface area contributed by atoms with Gasteiger partial charge in [0.15, 0.2) is 0 Å². The largest absolute Gasteiger partial charge is 0.344 e. The monoisotopic (exact) mass is 261 g/mol. The summed E-state index contributed by atoms with van der Waals surface area (Å²) in [5, 5.41) is 1.44. The minimum absolute atomic E-state index is 0.468. The topological polar surface area (TPSA) is 4.93 Å². The minimum Gasteiger partial charge on any atom is -0.344 e. The van der Waals surface area contributed by atoms with E-state index in [1.165, 1.54) is 35.9 Å². The molecule has 3 aromatic rings. The summed E-state index contributed by atoms with van der Waals surface area (Å²) in [6.45, 7) is 3.52. The SMILES string of the molecule is CC(c1ccccc1)c1c2n(c3ccccc13)CCC2. The Labute approximate surface area is 119 Å². The number of aromatic nitrogens is 1. The number of rotatable bonds is 2. The molecule has 1 aromatic heterocycles. The molecule has 0 spiro atoms. The quantitative estimate of drug-likeness (QED) is 0.628. The highest BCUT2D eigenvalue weighted by molar-refractivity contribution is 5.87. The van der Waals surface area contributed by atoms with Crippen molar-refractivity contribution in [3.63, 3.8) is 0 Å². The van der Waals surface area contributed by atoms with Crippen molar-refractivity contribution < 1.29 is 0 Å². The van der Waals surface area contributed by atoms with Gasteiger partial charge in [0, 0.05) is 29.1 Å². The van der Waals surface area contributed by atoms with Crippen molar-refractivity contribution in [1.82, 2.24) is 4.57 Å². The molecule has 100 valence electrons. The van der Waals surface area contributed by atoms with E-state index < -0.39 is 0 Å². The molecule has 1 aliphatic rings. The average Bonchev–Trinajstić information content (AvgIpc) is 3.08. The van der Waals surface area contributed by atoms with Gasteiger partial charge in [-0.05, 0) is 30.0 Å². The van der Waals surface area contributed by atoms with Crippen molar-refractivity contribution in [1.29, 1.82) is 0 Å². The molecule has 1 nitrogen and oxygen atoms in total. The van der Waals surface area contributed by atoms with Crippen LogP contribution in [-0.4, -0.2) is 4.57 Å². The molecule has 1 heteroatoms. The van der Waals surface area contributed by atoms with Crippen LogP contribution in [0.5, 0.6) is 0 Å². The van der Waals surface area contributed by atoms with Crippen molar-refractivity contribution in [2.24, 2.45) is 0 Å². The third kappa shape index (κ3) is 1.62. The molecule has 2 heterocycles. The van der Waals surface area contributed by atoms with E-state index in [1.54, 1.807) is 11.3 Å². The maximum absolute atomic E-state index is 2.53. The maximum atomic E-state index is 2.53. The fourth-order valence-electron chi connectivity index (χ4n) is 3.70. The summed E-state index contributed by atoms with van der Waals surface area (Å²) < 4.78 is 2.53. The Kier molecular flexibility index (Phi) is 2.66. The summed E-state index contributed by atoms with van der Waals surface area (Å²) in [7, 11) is 0. The van der Waals surface area contributed by atoms with Crippen LogP contribution in [-0.2, 0) is 13.0 Å². The predicted molar refractivity (Wildman–Crippen MR) is 84.2 cm³/mol. The van der Waals surface area contributed by atoms with Gasteiger partial charge in [-0.25, -0.2) is 0 Å². The molecule has 0 aliphatic carbocycles. The van der Waals surface area contributed by atoms with Crippen molar-refractivity contribution >= 4 is 10.9 Å². The van der Waals surface area contributed by atoms with Gasteiger partial charge in [-0.1, -0.05) is 55.5 Å². The molecule has 0 radical (unpaired) electrons. The standard InChI is InChI=1S/C19H19N/c1-14(15-8-3-2-4-9-15)19-16-10-5-6-11-17(16)20-13-7-12-18(19)20/h2-6,8-11,14H,7,12-13H2,1H3. The smallest absolute Gasteiger partial charge is 0.0485 e. The van der Waals surface area contributed by atoms with Gasteiger partial charge >= 0.3 is 0 Å². The molecule has 2 aromatic carbocycles. The van der Waals surface area contributed by atoms with Crippen molar-refractivity contribution in [2.45, 2.75) is 32.2 Å². The Balaban J connectivity index is 1.96. The lowest BCUT2D eigenvalue weighted by molar-refractivity contribution is 0.771. The van der Waals surface area contributed by atoms with E-state index in [0.717, 1.165) is 0 Å². The van der Waals surface area contributed by atoms with Gasteiger partial charge in [0.05, 0.1) is 0 Å². The van der Waals surface area contributed by atoms with Crippen LogP contribution in [0.25, 0.3) is 10.9 Å². The second-order valence-electron chi connectivity index (χ2n) is 5.77. The zero-order chi connectivity index (χ0) is 13.5. The van der Waals surface area contributed by atoms with E-state index in [4.69, 9.17) is 0 Å². The number of hydrogen-bond acceptors (Lipinski definition) is 0. The average molecular weight is 261 g/mol. The van der Waals surface area contributed by atoms with Crippen LogP contribution in [0.15, 0.2) is 54.6 Å². The first-order valence-corrected chi connectivity index (χ1v) is 7.51. The number of benzene rings is 2. The molecule has 4 rings (SSSR count). The summed E-state index contributed by atoms with van der Waals surface area (Å²) in [5.74, 6) is 0.468. The zero-order valence-electron chi connectivity index (χ0n) is 11.8. The fraction of sp³-hybridized carbons (Fsp3) is 0.263. The fourth-order valence-corrected chi connectivity index (χ4v) is 3.70. The van der Waals surface area contributed by atoms with Crippen LogP contribution >= 0.6 is 0 Å². The third-order valence-corrected chi connectivity index (χ3v) is 4.65. The lowest BCUT2D eigenvalue weighted by Gasteiger charge is -2.13. The predicted octanol–water partition coefficient (Wildman–Crippen LogP) is 4.74. The van der Waals surface area contributed by atoms with Gasteiger partial charge in [-0.2, -0.15) is 0 Å². The first-order valence-electron chi connectivity index (χ1n) is 7.51. The van der Waals surface area contributed by atoms with Gasteiger partial charge in [0.25, 0.3) is 0 Å². The van der Waals surface area contributed by atoms with Crippen molar-refractivity contribution in [3.05, 3.63) is 71.4 Å². The number of hydrogen-bond donors (Lipinski definition) is 0. The van der Waals surface area contributed by atoms with Gasteiger partial charge in [-0.15, -0.1) is 0 Å². The molecule has 20 heavy (non-hydrogen) atoms. The van der Waals surface area contributed by atoms with E-state index in [9.17, 15) is 0 Å². The van der Waals surface area contributed by atoms with Crippen molar-refractivity contribution in [2.75, 3.05) is 0 Å². The van der Waals surface area contributed by atoms with Gasteiger partial charge in [0.2, 0.25) is 0 Å². The summed E-state index contributed by atoms with van der Waals surface area (Å²) in [6.07, 6.45) is 2.51. The molecule has 0 N–H and O–H groups in total. The van der Waals surface area contributed by atoms with Crippen LogP contribution in [0, 0.1) is 0 Å². The summed E-state index contributed by atoms with van der Waals surface area (Å²) >= 11 is 0. The Hall–Kier alpha value is -2.02. The molecule has 1 unspecified atom stereocenters. The Morgan fingerprint density at radius 2 is 1.70 bits per heavy atom. The van der Waals surface area contributed by atoms with Crippen LogP contribution in [0.4, 0.5) is 0 Å². The summed E-state index contributed by atoms with van der Waals surface area (Å²) in [4.78, 5) is 0. The highest BCUT2D eigenvalue weighted by Gasteiger charge is 2.24. The highest BCUT2D eigenvalue weighted by Crippen LogP contribution is 2.38. The van der Waals surface area contributed by atoms with Gasteiger partial charge in [0.1, 0.15) is 0 Å². The molecule has 0 amide bonds. The maximum Gasteiger partial charge on any atom is 0.0485 e. The molecule has 1 aliphatic heterocycles. The number of para-hydroxylation sites is 1. The lowest BCUT2D eigenvalue weighted by Crippen LogP contribution is -1.99. The highest BCUT2D eigenvalue weighted by atomic mass is 15.0. The third-order valence-electron chi connectivity index (χ3n) is 4.65. The van der Waals surface area contributed by atoms with Crippen molar-refractivity contribution in [3.8, 4) is 0 Å². The van der Waals surface area contributed by atoms with Gasteiger partial charge in [-0.3, -0.25) is 0 Å². The number of nitrogens with zero attached hydrogens (tertiary/aromatic N) is 1. The molecular formula is C19H19N. The first-order chi connectivity index (χ1) is 9.86. The van der Waals surface area contributed by atoms with E-state index >= 15 is 0 Å². The summed E-state index contributed by atoms with van der Waals surface area (Å²) in [6, 6.07) is 19.8. The van der Waals surface area contributed by atoms with Gasteiger partial charge < -0.3 is 4.57 Å². The molecule has 0 saturated heterocycles. The van der Waals surface area contributed by atoms with E-state index in [1.807, 2.05) is 0 Å². The van der Waals surface area contributed by atoms with Crippen LogP contribution in [0.2, 0.25) is 0 Å². The van der Waals surface area contributed by atoms with Crippen LogP contribution in [0.1, 0.15) is 36.1 Å².